The number of carboxylic acid groups (broad SMARTS) is 1. The zero-order valence-electron chi connectivity index (χ0n) is 11.2. The molecule has 0 aliphatic carbocycles. The van der Waals surface area contributed by atoms with Crippen molar-refractivity contribution < 1.29 is 23.1 Å². The first-order valence-corrected chi connectivity index (χ1v) is 6.87. The van der Waals surface area contributed by atoms with Crippen LogP contribution in [0.5, 0.6) is 0 Å². The molecule has 1 aromatic rings. The third-order valence-electron chi connectivity index (χ3n) is 2.78. The minimum absolute atomic E-state index is 0.0734. The van der Waals surface area contributed by atoms with E-state index in [0.29, 0.717) is 13.0 Å². The molecule has 0 amide bonds. The molecule has 0 saturated heterocycles. The average Bonchev–Trinajstić information content (AvgIpc) is 2.37. The molecule has 21 heavy (non-hydrogen) atoms. The third-order valence-corrected chi connectivity index (χ3v) is 3.07. The molecule has 1 aromatic heterocycles. The maximum Gasteiger partial charge on any atom is 0.417 e. The summed E-state index contributed by atoms with van der Waals surface area (Å²) in [6.07, 6.45) is -0.561. The lowest BCUT2D eigenvalue weighted by Gasteiger charge is -2.10. The normalized spacial score (nSPS) is 11.4. The second kappa shape index (κ2) is 8.07. The van der Waals surface area contributed by atoms with Gasteiger partial charge in [0.2, 0.25) is 0 Å². The molecular formula is C13H16ClF3N2O2. The number of aromatic nitrogens is 1. The van der Waals surface area contributed by atoms with Crippen LogP contribution in [-0.4, -0.2) is 22.6 Å². The summed E-state index contributed by atoms with van der Waals surface area (Å²) in [4.78, 5) is 14.0. The smallest absolute Gasteiger partial charge is 0.417 e. The molecule has 0 aliphatic rings. The Kier molecular flexibility index (Phi) is 6.74. The lowest BCUT2D eigenvalue weighted by Crippen LogP contribution is -2.08. The molecule has 0 unspecified atom stereocenters. The second-order valence-electron chi connectivity index (χ2n) is 4.54. The van der Waals surface area contributed by atoms with Gasteiger partial charge in [-0.15, -0.1) is 0 Å². The van der Waals surface area contributed by atoms with Gasteiger partial charge in [0.15, 0.2) is 0 Å². The van der Waals surface area contributed by atoms with Crippen LogP contribution in [-0.2, 0) is 11.0 Å². The fraction of sp³-hybridized carbons (Fsp3) is 0.538. The van der Waals surface area contributed by atoms with Gasteiger partial charge in [-0.25, -0.2) is 4.98 Å². The summed E-state index contributed by atoms with van der Waals surface area (Å²) >= 11 is 5.74. The maximum atomic E-state index is 12.4. The molecule has 0 radical (unpaired) electrons. The Bertz CT molecular complexity index is 481. The SMILES string of the molecule is O=C(O)CCCCCCNc1ncc(C(F)(F)F)cc1Cl. The van der Waals surface area contributed by atoms with Gasteiger partial charge >= 0.3 is 12.1 Å². The average molecular weight is 325 g/mol. The van der Waals surface area contributed by atoms with E-state index in [4.69, 9.17) is 16.7 Å². The summed E-state index contributed by atoms with van der Waals surface area (Å²) in [7, 11) is 0. The summed E-state index contributed by atoms with van der Waals surface area (Å²) in [5.74, 6) is -0.593. The van der Waals surface area contributed by atoms with Gasteiger partial charge in [0.05, 0.1) is 10.6 Å². The predicted octanol–water partition coefficient (Wildman–Crippen LogP) is 4.20. The van der Waals surface area contributed by atoms with Crippen LogP contribution in [0.1, 0.15) is 37.7 Å². The number of aliphatic carboxylic acids is 1. The van der Waals surface area contributed by atoms with Gasteiger partial charge in [0.1, 0.15) is 5.82 Å². The molecular weight excluding hydrogens is 309 g/mol. The third kappa shape index (κ3) is 6.66. The number of alkyl halides is 3. The summed E-state index contributed by atoms with van der Waals surface area (Å²) in [6.45, 7) is 0.519. The van der Waals surface area contributed by atoms with Crippen molar-refractivity contribution >= 4 is 23.4 Å². The number of rotatable bonds is 8. The largest absolute Gasteiger partial charge is 0.481 e. The lowest BCUT2D eigenvalue weighted by atomic mass is 10.1. The number of carboxylic acids is 1. The Morgan fingerprint density at radius 1 is 1.29 bits per heavy atom. The Balaban J connectivity index is 2.31. The molecule has 0 spiro atoms. The van der Waals surface area contributed by atoms with E-state index in [1.54, 1.807) is 0 Å². The predicted molar refractivity (Wildman–Crippen MR) is 73.5 cm³/mol. The number of pyridine rings is 1. The zero-order valence-corrected chi connectivity index (χ0v) is 12.0. The van der Waals surface area contributed by atoms with Crippen LogP contribution >= 0.6 is 11.6 Å². The number of nitrogens with zero attached hydrogens (tertiary/aromatic N) is 1. The van der Waals surface area contributed by atoms with E-state index in [2.05, 4.69) is 10.3 Å². The van der Waals surface area contributed by atoms with Crippen molar-refractivity contribution in [2.75, 3.05) is 11.9 Å². The highest BCUT2D eigenvalue weighted by molar-refractivity contribution is 6.32. The summed E-state index contributed by atoms with van der Waals surface area (Å²) in [5, 5.41) is 11.3. The highest BCUT2D eigenvalue weighted by atomic mass is 35.5. The van der Waals surface area contributed by atoms with Crippen LogP contribution in [0.25, 0.3) is 0 Å². The molecule has 118 valence electrons. The molecule has 0 aromatic carbocycles. The van der Waals surface area contributed by atoms with Gasteiger partial charge in [-0.3, -0.25) is 4.79 Å². The number of halogens is 4. The summed E-state index contributed by atoms with van der Waals surface area (Å²) < 4.78 is 37.3. The maximum absolute atomic E-state index is 12.4. The minimum Gasteiger partial charge on any atom is -0.481 e. The quantitative estimate of drug-likeness (QED) is 0.703. The van der Waals surface area contributed by atoms with Gasteiger partial charge in [0, 0.05) is 19.2 Å². The number of nitrogens with one attached hydrogen (secondary N) is 1. The van der Waals surface area contributed by atoms with Crippen molar-refractivity contribution in [1.82, 2.24) is 4.98 Å². The Hall–Kier alpha value is -1.50. The fourth-order valence-electron chi connectivity index (χ4n) is 1.68. The Morgan fingerprint density at radius 3 is 2.52 bits per heavy atom. The number of hydrogen-bond donors (Lipinski definition) is 2. The molecule has 0 fully saturated rings. The fourth-order valence-corrected chi connectivity index (χ4v) is 1.92. The van der Waals surface area contributed by atoms with Crippen LogP contribution in [0.3, 0.4) is 0 Å². The second-order valence-corrected chi connectivity index (χ2v) is 4.94. The van der Waals surface area contributed by atoms with E-state index < -0.39 is 17.7 Å². The van der Waals surface area contributed by atoms with E-state index in [9.17, 15) is 18.0 Å². The molecule has 0 bridgehead atoms. The first-order valence-electron chi connectivity index (χ1n) is 6.49. The molecule has 0 aliphatic heterocycles. The molecule has 4 nitrogen and oxygen atoms in total. The Labute approximate surface area is 125 Å². The van der Waals surface area contributed by atoms with Crippen LogP contribution in [0, 0.1) is 0 Å². The van der Waals surface area contributed by atoms with Crippen molar-refractivity contribution in [2.45, 2.75) is 38.3 Å². The number of anilines is 1. The summed E-state index contributed by atoms with van der Waals surface area (Å²) in [5.41, 5.74) is -0.883. The van der Waals surface area contributed by atoms with Gasteiger partial charge < -0.3 is 10.4 Å². The minimum atomic E-state index is -4.46. The standard InChI is InChI=1S/C13H16ClF3N2O2/c14-10-7-9(13(15,16)17)8-19-12(10)18-6-4-2-1-3-5-11(20)21/h7-8H,1-6H2,(H,18,19)(H,20,21). The van der Waals surface area contributed by atoms with Crippen molar-refractivity contribution in [3.05, 3.63) is 22.8 Å². The molecule has 1 heterocycles. The van der Waals surface area contributed by atoms with E-state index in [1.165, 1.54) is 0 Å². The van der Waals surface area contributed by atoms with Gasteiger partial charge in [0.25, 0.3) is 0 Å². The number of hydrogen-bond acceptors (Lipinski definition) is 3. The highest BCUT2D eigenvalue weighted by Gasteiger charge is 2.31. The van der Waals surface area contributed by atoms with E-state index in [0.717, 1.165) is 31.5 Å². The van der Waals surface area contributed by atoms with Gasteiger partial charge in [-0.1, -0.05) is 24.4 Å². The molecule has 2 N–H and O–H groups in total. The van der Waals surface area contributed by atoms with E-state index in [1.807, 2.05) is 0 Å². The first-order chi connectivity index (χ1) is 9.80. The lowest BCUT2D eigenvalue weighted by molar-refractivity contribution is -0.138. The number of unbranched alkanes of at least 4 members (excludes halogenated alkanes) is 3. The van der Waals surface area contributed by atoms with E-state index in [-0.39, 0.29) is 17.3 Å². The molecule has 0 atom stereocenters. The zero-order chi connectivity index (χ0) is 15.9. The monoisotopic (exact) mass is 324 g/mol. The molecule has 8 heteroatoms. The summed E-state index contributed by atoms with van der Waals surface area (Å²) in [6, 6.07) is 0.837. The van der Waals surface area contributed by atoms with Crippen molar-refractivity contribution in [3.63, 3.8) is 0 Å². The van der Waals surface area contributed by atoms with Crippen LogP contribution in [0.4, 0.5) is 19.0 Å². The Morgan fingerprint density at radius 2 is 1.95 bits per heavy atom. The van der Waals surface area contributed by atoms with E-state index >= 15 is 0 Å². The number of carbonyl (C=O) groups is 1. The van der Waals surface area contributed by atoms with Crippen molar-refractivity contribution in [2.24, 2.45) is 0 Å². The van der Waals surface area contributed by atoms with Gasteiger partial charge in [-0.2, -0.15) is 13.2 Å². The highest BCUT2D eigenvalue weighted by Crippen LogP contribution is 2.32. The van der Waals surface area contributed by atoms with Crippen molar-refractivity contribution in [1.29, 1.82) is 0 Å². The van der Waals surface area contributed by atoms with Gasteiger partial charge in [-0.05, 0) is 18.9 Å². The first kappa shape index (κ1) is 17.6. The molecule has 1 rings (SSSR count). The van der Waals surface area contributed by atoms with Crippen molar-refractivity contribution in [3.8, 4) is 0 Å². The van der Waals surface area contributed by atoms with Crippen LogP contribution in [0.2, 0.25) is 5.02 Å². The van der Waals surface area contributed by atoms with Crippen LogP contribution < -0.4 is 5.32 Å². The molecule has 0 saturated carbocycles. The van der Waals surface area contributed by atoms with Crippen LogP contribution in [0.15, 0.2) is 12.3 Å². The topological polar surface area (TPSA) is 62.2 Å².